The summed E-state index contributed by atoms with van der Waals surface area (Å²) in [5, 5.41) is 23.9. The van der Waals surface area contributed by atoms with Crippen LogP contribution in [0.15, 0.2) is 24.7 Å². The number of hydrogen-bond acceptors (Lipinski definition) is 7. The van der Waals surface area contributed by atoms with Crippen molar-refractivity contribution in [2.45, 2.75) is 37.8 Å². The number of aliphatic hydroxyl groups excluding tert-OH is 1. The summed E-state index contributed by atoms with van der Waals surface area (Å²) in [6.07, 6.45) is 6.49. The van der Waals surface area contributed by atoms with E-state index in [1.54, 1.807) is 23.3 Å². The summed E-state index contributed by atoms with van der Waals surface area (Å²) < 4.78 is 1.59. The summed E-state index contributed by atoms with van der Waals surface area (Å²) in [6.45, 7) is 4.34. The van der Waals surface area contributed by atoms with Crippen molar-refractivity contribution < 1.29 is 15.0 Å². The lowest BCUT2D eigenvalue weighted by molar-refractivity contribution is -0.149. The van der Waals surface area contributed by atoms with Crippen LogP contribution in [-0.2, 0) is 10.3 Å². The van der Waals surface area contributed by atoms with Crippen LogP contribution >= 0.6 is 0 Å². The van der Waals surface area contributed by atoms with Crippen molar-refractivity contribution in [2.75, 3.05) is 36.0 Å². The molecule has 2 N–H and O–H groups in total. The first-order valence-corrected chi connectivity index (χ1v) is 9.24. The second-order valence-electron chi connectivity index (χ2n) is 7.39. The standard InChI is InChI=1S/C18H24N6O3/c1-13-10-20-24(11-13)18(16(26)27)4-8-22(9-5-18)17-19-6-2-15(21-17)23-7-3-14(25)12-23/h2,6,10-11,14,25H,3-5,7-9,12H2,1H3,(H,26,27)/t14-/m1/s1. The van der Waals surface area contributed by atoms with Gasteiger partial charge in [0.05, 0.1) is 12.3 Å². The van der Waals surface area contributed by atoms with Gasteiger partial charge < -0.3 is 20.0 Å². The zero-order valence-electron chi connectivity index (χ0n) is 15.3. The van der Waals surface area contributed by atoms with Gasteiger partial charge in [-0.2, -0.15) is 10.1 Å². The summed E-state index contributed by atoms with van der Waals surface area (Å²) in [6, 6.07) is 1.85. The van der Waals surface area contributed by atoms with Gasteiger partial charge in [-0.05, 0) is 25.0 Å². The molecular weight excluding hydrogens is 348 g/mol. The molecule has 4 heterocycles. The highest BCUT2D eigenvalue weighted by Crippen LogP contribution is 2.32. The number of aliphatic hydroxyl groups is 1. The van der Waals surface area contributed by atoms with E-state index in [1.807, 2.05) is 22.8 Å². The SMILES string of the molecule is Cc1cnn(C2(C(=O)O)CCN(c3nccc(N4CC[C@@H](O)C4)n3)CC2)c1. The van der Waals surface area contributed by atoms with Crippen LogP contribution in [0, 0.1) is 6.92 Å². The fourth-order valence-corrected chi connectivity index (χ4v) is 3.88. The monoisotopic (exact) mass is 372 g/mol. The van der Waals surface area contributed by atoms with Crippen LogP contribution in [0.1, 0.15) is 24.8 Å². The number of rotatable bonds is 4. The van der Waals surface area contributed by atoms with Gasteiger partial charge in [-0.15, -0.1) is 0 Å². The van der Waals surface area contributed by atoms with E-state index >= 15 is 0 Å². The van der Waals surface area contributed by atoms with Gasteiger partial charge in [0.25, 0.3) is 0 Å². The molecule has 144 valence electrons. The largest absolute Gasteiger partial charge is 0.479 e. The van der Waals surface area contributed by atoms with Crippen molar-refractivity contribution in [3.63, 3.8) is 0 Å². The molecular formula is C18H24N6O3. The van der Waals surface area contributed by atoms with Crippen molar-refractivity contribution in [3.8, 4) is 0 Å². The number of carboxylic acid groups (broad SMARTS) is 1. The molecule has 1 atom stereocenters. The molecule has 0 radical (unpaired) electrons. The molecule has 9 nitrogen and oxygen atoms in total. The average Bonchev–Trinajstić information content (AvgIpc) is 3.30. The highest BCUT2D eigenvalue weighted by Gasteiger charge is 2.44. The maximum atomic E-state index is 12.0. The van der Waals surface area contributed by atoms with Crippen LogP contribution in [0.2, 0.25) is 0 Å². The Bertz CT molecular complexity index is 830. The molecule has 2 aliphatic rings. The van der Waals surface area contributed by atoms with Crippen molar-refractivity contribution >= 4 is 17.7 Å². The third-order valence-corrected chi connectivity index (χ3v) is 5.54. The second kappa shape index (κ2) is 6.80. The molecule has 0 saturated carbocycles. The molecule has 0 unspecified atom stereocenters. The highest BCUT2D eigenvalue weighted by molar-refractivity contribution is 5.77. The van der Waals surface area contributed by atoms with Crippen LogP contribution in [0.4, 0.5) is 11.8 Å². The number of anilines is 2. The second-order valence-corrected chi connectivity index (χ2v) is 7.39. The molecule has 2 saturated heterocycles. The van der Waals surface area contributed by atoms with E-state index in [4.69, 9.17) is 0 Å². The van der Waals surface area contributed by atoms with Gasteiger partial charge in [-0.3, -0.25) is 4.68 Å². The average molecular weight is 372 g/mol. The first-order chi connectivity index (χ1) is 13.0. The first-order valence-electron chi connectivity index (χ1n) is 9.24. The van der Waals surface area contributed by atoms with Gasteiger partial charge in [0.2, 0.25) is 5.95 Å². The quantitative estimate of drug-likeness (QED) is 0.805. The maximum Gasteiger partial charge on any atom is 0.331 e. The molecule has 9 heteroatoms. The number of hydrogen-bond donors (Lipinski definition) is 2. The zero-order valence-corrected chi connectivity index (χ0v) is 15.3. The fraction of sp³-hybridized carbons (Fsp3) is 0.556. The smallest absolute Gasteiger partial charge is 0.331 e. The Morgan fingerprint density at radius 1 is 1.26 bits per heavy atom. The number of nitrogens with zero attached hydrogens (tertiary/aromatic N) is 6. The van der Waals surface area contributed by atoms with Crippen molar-refractivity contribution in [3.05, 3.63) is 30.2 Å². The van der Waals surface area contributed by atoms with E-state index in [1.165, 1.54) is 0 Å². The maximum absolute atomic E-state index is 12.0. The van der Waals surface area contributed by atoms with Gasteiger partial charge in [-0.25, -0.2) is 9.78 Å². The third kappa shape index (κ3) is 3.23. The van der Waals surface area contributed by atoms with E-state index in [-0.39, 0.29) is 6.10 Å². The van der Waals surface area contributed by atoms with Crippen LogP contribution in [0.5, 0.6) is 0 Å². The van der Waals surface area contributed by atoms with Crippen LogP contribution in [0.3, 0.4) is 0 Å². The number of carbonyl (C=O) groups is 1. The summed E-state index contributed by atoms with van der Waals surface area (Å²) in [7, 11) is 0. The molecule has 2 aromatic rings. The molecule has 0 aromatic carbocycles. The summed E-state index contributed by atoms with van der Waals surface area (Å²) in [4.78, 5) is 25.1. The zero-order chi connectivity index (χ0) is 19.0. The van der Waals surface area contributed by atoms with Gasteiger partial charge >= 0.3 is 5.97 Å². The van der Waals surface area contributed by atoms with Crippen molar-refractivity contribution in [2.24, 2.45) is 0 Å². The molecule has 2 aromatic heterocycles. The molecule has 2 aliphatic heterocycles. The van der Waals surface area contributed by atoms with Crippen LogP contribution in [-0.4, -0.2) is 68.2 Å². The van der Waals surface area contributed by atoms with E-state index < -0.39 is 11.5 Å². The number of aromatic nitrogens is 4. The summed E-state index contributed by atoms with van der Waals surface area (Å²) >= 11 is 0. The molecule has 4 rings (SSSR count). The topological polar surface area (TPSA) is 108 Å². The summed E-state index contributed by atoms with van der Waals surface area (Å²) in [5.41, 5.74) is -0.0802. The Morgan fingerprint density at radius 3 is 2.63 bits per heavy atom. The fourth-order valence-electron chi connectivity index (χ4n) is 3.88. The van der Waals surface area contributed by atoms with E-state index in [2.05, 4.69) is 15.1 Å². The summed E-state index contributed by atoms with van der Waals surface area (Å²) in [5.74, 6) is 0.546. The highest BCUT2D eigenvalue weighted by atomic mass is 16.4. The predicted molar refractivity (Wildman–Crippen MR) is 98.9 cm³/mol. The molecule has 0 amide bonds. The molecule has 0 aliphatic carbocycles. The number of aliphatic carboxylic acids is 1. The molecule has 27 heavy (non-hydrogen) atoms. The Kier molecular flexibility index (Phi) is 4.47. The van der Waals surface area contributed by atoms with E-state index in [0.29, 0.717) is 38.4 Å². The Hall–Kier alpha value is -2.68. The van der Waals surface area contributed by atoms with Crippen LogP contribution < -0.4 is 9.80 Å². The lowest BCUT2D eigenvalue weighted by Gasteiger charge is -2.39. The Morgan fingerprint density at radius 2 is 2.04 bits per heavy atom. The van der Waals surface area contributed by atoms with E-state index in [0.717, 1.165) is 24.3 Å². The molecule has 0 spiro atoms. The first kappa shape index (κ1) is 17.7. The Balaban J connectivity index is 1.51. The lowest BCUT2D eigenvalue weighted by Crippen LogP contribution is -2.51. The van der Waals surface area contributed by atoms with Gasteiger partial charge in [0, 0.05) is 51.4 Å². The lowest BCUT2D eigenvalue weighted by atomic mass is 9.87. The van der Waals surface area contributed by atoms with Gasteiger partial charge in [0.1, 0.15) is 5.82 Å². The number of piperidine rings is 1. The molecule has 0 bridgehead atoms. The van der Waals surface area contributed by atoms with Gasteiger partial charge in [0.15, 0.2) is 5.54 Å². The minimum absolute atomic E-state index is 0.313. The van der Waals surface area contributed by atoms with Crippen LogP contribution in [0.25, 0.3) is 0 Å². The third-order valence-electron chi connectivity index (χ3n) is 5.54. The number of aryl methyl sites for hydroxylation is 1. The Labute approximate surface area is 157 Å². The van der Waals surface area contributed by atoms with Crippen molar-refractivity contribution in [1.29, 1.82) is 0 Å². The number of carboxylic acids is 1. The van der Waals surface area contributed by atoms with E-state index in [9.17, 15) is 15.0 Å². The van der Waals surface area contributed by atoms with Crippen molar-refractivity contribution in [1.82, 2.24) is 19.7 Å². The normalized spacial score (nSPS) is 22.2. The number of β-amino-alcohol motifs (C(OH)–C–C–N with tert-alkyl or cyclic N) is 1. The van der Waals surface area contributed by atoms with Gasteiger partial charge in [-0.1, -0.05) is 0 Å². The molecule has 2 fully saturated rings. The minimum Gasteiger partial charge on any atom is -0.479 e. The predicted octanol–water partition coefficient (Wildman–Crippen LogP) is 0.633. The minimum atomic E-state index is -1.03.